The molecule has 0 bridgehead atoms. The number of rotatable bonds is 2. The van der Waals surface area contributed by atoms with E-state index in [1.54, 1.807) is 9.80 Å². The van der Waals surface area contributed by atoms with Crippen molar-refractivity contribution in [3.8, 4) is 6.07 Å². The first-order valence-electron chi connectivity index (χ1n) is 6.09. The molecule has 1 aromatic carbocycles. The number of allylic oxidation sites excluding steroid dienone is 1. The Hall–Kier alpha value is -1.49. The summed E-state index contributed by atoms with van der Waals surface area (Å²) in [6.45, 7) is 0. The monoisotopic (exact) mass is 335 g/mol. The number of nitrogens with zero attached hydrogens (tertiary/aromatic N) is 3. The van der Waals surface area contributed by atoms with Gasteiger partial charge in [-0.2, -0.15) is 5.26 Å². The first-order valence-corrected chi connectivity index (χ1v) is 8.30. The molecule has 0 radical (unpaired) electrons. The standard InChI is InChI=1S/C14H13N3OS3/c1-16(2)14(19)21-11(8-15)13-17(12(18)9-20-13)10-6-4-3-5-7-10/h3-7H,9H2,1-2H3/b13-11+. The molecule has 1 aliphatic heterocycles. The van der Waals surface area contributed by atoms with Gasteiger partial charge in [-0.15, -0.1) is 0 Å². The molecule has 0 aromatic heterocycles. The smallest absolute Gasteiger partial charge is 0.242 e. The minimum absolute atomic E-state index is 0.0229. The minimum Gasteiger partial charge on any atom is -0.363 e. The van der Waals surface area contributed by atoms with Crippen molar-refractivity contribution in [2.75, 3.05) is 24.7 Å². The lowest BCUT2D eigenvalue weighted by molar-refractivity contribution is -0.115. The van der Waals surface area contributed by atoms with Crippen molar-refractivity contribution in [3.63, 3.8) is 0 Å². The summed E-state index contributed by atoms with van der Waals surface area (Å²) in [6, 6.07) is 11.5. The molecule has 1 aliphatic rings. The van der Waals surface area contributed by atoms with E-state index in [2.05, 4.69) is 6.07 Å². The van der Waals surface area contributed by atoms with Gasteiger partial charge in [-0.3, -0.25) is 9.69 Å². The number of benzene rings is 1. The van der Waals surface area contributed by atoms with E-state index in [-0.39, 0.29) is 5.91 Å². The maximum atomic E-state index is 12.1. The molecule has 2 rings (SSSR count). The summed E-state index contributed by atoms with van der Waals surface area (Å²) in [6.07, 6.45) is 0. The van der Waals surface area contributed by atoms with Crippen LogP contribution in [-0.2, 0) is 4.79 Å². The zero-order valence-corrected chi connectivity index (χ0v) is 14.0. The maximum absolute atomic E-state index is 12.1. The Morgan fingerprint density at radius 3 is 2.67 bits per heavy atom. The fraction of sp³-hybridized carbons (Fsp3) is 0.214. The summed E-state index contributed by atoms with van der Waals surface area (Å²) in [7, 11) is 3.66. The van der Waals surface area contributed by atoms with Gasteiger partial charge in [0, 0.05) is 19.8 Å². The van der Waals surface area contributed by atoms with Crippen molar-refractivity contribution in [3.05, 3.63) is 40.3 Å². The third-order valence-corrected chi connectivity index (χ3v) is 5.47. The highest BCUT2D eigenvalue weighted by Gasteiger charge is 2.31. The predicted molar refractivity (Wildman–Crippen MR) is 92.9 cm³/mol. The summed E-state index contributed by atoms with van der Waals surface area (Å²) in [5.41, 5.74) is 0.770. The Bertz CT molecular complexity index is 635. The highest BCUT2D eigenvalue weighted by atomic mass is 32.2. The van der Waals surface area contributed by atoms with Gasteiger partial charge in [0.05, 0.1) is 5.75 Å². The van der Waals surface area contributed by atoms with Crippen molar-refractivity contribution >= 4 is 51.7 Å². The van der Waals surface area contributed by atoms with Crippen molar-refractivity contribution in [1.29, 1.82) is 5.26 Å². The van der Waals surface area contributed by atoms with Crippen molar-refractivity contribution < 1.29 is 4.79 Å². The second-order valence-electron chi connectivity index (χ2n) is 4.36. The number of anilines is 1. The van der Waals surface area contributed by atoms with E-state index in [1.807, 2.05) is 44.4 Å². The lowest BCUT2D eigenvalue weighted by Crippen LogP contribution is -2.24. The summed E-state index contributed by atoms with van der Waals surface area (Å²) in [5, 5.41) is 10.1. The third kappa shape index (κ3) is 3.59. The number of amides is 1. The molecule has 108 valence electrons. The average Bonchev–Trinajstić information content (AvgIpc) is 2.86. The van der Waals surface area contributed by atoms with Crippen LogP contribution < -0.4 is 4.90 Å². The fourth-order valence-corrected chi connectivity index (χ4v) is 3.71. The maximum Gasteiger partial charge on any atom is 0.242 e. The van der Waals surface area contributed by atoms with Gasteiger partial charge < -0.3 is 4.90 Å². The summed E-state index contributed by atoms with van der Waals surface area (Å²) in [5.74, 6) is 0.315. The molecule has 21 heavy (non-hydrogen) atoms. The summed E-state index contributed by atoms with van der Waals surface area (Å²) >= 11 is 7.82. The first kappa shape index (κ1) is 15.9. The Labute approximate surface area is 137 Å². The van der Waals surface area contributed by atoms with Crippen LogP contribution in [0.25, 0.3) is 0 Å². The van der Waals surface area contributed by atoms with Gasteiger partial charge in [0.2, 0.25) is 5.91 Å². The highest BCUT2D eigenvalue weighted by molar-refractivity contribution is 8.26. The summed E-state index contributed by atoms with van der Waals surface area (Å²) < 4.78 is 0.590. The molecule has 0 N–H and O–H groups in total. The van der Waals surface area contributed by atoms with Gasteiger partial charge >= 0.3 is 0 Å². The van der Waals surface area contributed by atoms with Crippen LogP contribution in [0.2, 0.25) is 0 Å². The number of hydrogen-bond donors (Lipinski definition) is 0. The lowest BCUT2D eigenvalue weighted by Gasteiger charge is -2.19. The molecule has 0 atom stereocenters. The highest BCUT2D eigenvalue weighted by Crippen LogP contribution is 2.39. The second kappa shape index (κ2) is 6.98. The Balaban J connectivity index is 2.39. The van der Waals surface area contributed by atoms with Gasteiger partial charge in [-0.1, -0.05) is 42.2 Å². The Kier molecular flexibility index (Phi) is 5.28. The van der Waals surface area contributed by atoms with Crippen molar-refractivity contribution in [1.82, 2.24) is 4.90 Å². The quantitative estimate of drug-likeness (QED) is 0.611. The van der Waals surface area contributed by atoms with Gasteiger partial charge in [0.1, 0.15) is 20.3 Å². The van der Waals surface area contributed by atoms with Crippen LogP contribution in [0, 0.1) is 11.3 Å². The SMILES string of the molecule is CN(C)C(=S)S/C(C#N)=C1/SCC(=O)N1c1ccccc1. The van der Waals surface area contributed by atoms with Crippen LogP contribution in [0.1, 0.15) is 0 Å². The number of carbonyl (C=O) groups is 1. The van der Waals surface area contributed by atoms with E-state index in [0.717, 1.165) is 5.69 Å². The van der Waals surface area contributed by atoms with Crippen LogP contribution in [-0.4, -0.2) is 35.0 Å². The second-order valence-corrected chi connectivity index (χ2v) is 6.97. The first-order chi connectivity index (χ1) is 10.0. The van der Waals surface area contributed by atoms with Crippen LogP contribution in [0.15, 0.2) is 40.3 Å². The van der Waals surface area contributed by atoms with Crippen LogP contribution in [0.3, 0.4) is 0 Å². The summed E-state index contributed by atoms with van der Waals surface area (Å²) in [4.78, 5) is 15.9. The van der Waals surface area contributed by atoms with Crippen LogP contribution >= 0.6 is 35.7 Å². The van der Waals surface area contributed by atoms with Gasteiger partial charge in [-0.05, 0) is 23.9 Å². The van der Waals surface area contributed by atoms with E-state index in [4.69, 9.17) is 12.2 Å². The molecular formula is C14H13N3OS3. The van der Waals surface area contributed by atoms with Crippen molar-refractivity contribution in [2.24, 2.45) is 0 Å². The van der Waals surface area contributed by atoms with Crippen LogP contribution in [0.5, 0.6) is 0 Å². The molecule has 1 amide bonds. The molecule has 1 aromatic rings. The lowest BCUT2D eigenvalue weighted by atomic mass is 10.3. The zero-order chi connectivity index (χ0) is 15.4. The normalized spacial score (nSPS) is 16.6. The van der Waals surface area contributed by atoms with Crippen LogP contribution in [0.4, 0.5) is 5.69 Å². The largest absolute Gasteiger partial charge is 0.363 e. The number of nitriles is 1. The molecule has 4 nitrogen and oxygen atoms in total. The number of thiocarbonyl (C=S) groups is 1. The predicted octanol–water partition coefficient (Wildman–Crippen LogP) is 3.04. The molecule has 1 fully saturated rings. The number of thioether (sulfide) groups is 2. The molecule has 0 aliphatic carbocycles. The van der Waals surface area contributed by atoms with Gasteiger partial charge in [0.15, 0.2) is 0 Å². The van der Waals surface area contributed by atoms with Gasteiger partial charge in [-0.25, -0.2) is 0 Å². The van der Waals surface area contributed by atoms with E-state index >= 15 is 0 Å². The van der Waals surface area contributed by atoms with E-state index in [0.29, 0.717) is 20.0 Å². The molecule has 0 spiro atoms. The minimum atomic E-state index is -0.0229. The van der Waals surface area contributed by atoms with Crippen molar-refractivity contribution in [2.45, 2.75) is 0 Å². The fourth-order valence-electron chi connectivity index (χ4n) is 1.67. The molecule has 1 heterocycles. The average molecular weight is 335 g/mol. The molecule has 7 heteroatoms. The number of carbonyl (C=O) groups excluding carboxylic acids is 1. The molecule has 1 saturated heterocycles. The van der Waals surface area contributed by atoms with E-state index < -0.39 is 0 Å². The molecule has 0 unspecified atom stereocenters. The molecular weight excluding hydrogens is 322 g/mol. The Morgan fingerprint density at radius 1 is 1.43 bits per heavy atom. The zero-order valence-electron chi connectivity index (χ0n) is 11.6. The topological polar surface area (TPSA) is 47.3 Å². The Morgan fingerprint density at radius 2 is 2.10 bits per heavy atom. The van der Waals surface area contributed by atoms with E-state index in [9.17, 15) is 10.1 Å². The van der Waals surface area contributed by atoms with E-state index in [1.165, 1.54) is 23.5 Å². The number of hydrogen-bond acceptors (Lipinski definition) is 5. The van der Waals surface area contributed by atoms with Gasteiger partial charge in [0.25, 0.3) is 0 Å². The third-order valence-electron chi connectivity index (χ3n) is 2.65. The molecule has 0 saturated carbocycles. The number of para-hydroxylation sites is 1.